The van der Waals surface area contributed by atoms with Crippen LogP contribution in [0.4, 0.5) is 0 Å². The Morgan fingerprint density at radius 3 is 1.38 bits per heavy atom. The minimum Gasteiger partial charge on any atom is -0.462 e. The lowest BCUT2D eigenvalue weighted by molar-refractivity contribution is -0.159. The Bertz CT molecular complexity index is 959. The summed E-state index contributed by atoms with van der Waals surface area (Å²) in [5.74, 6) is -0.336. The standard InChI is InChI=1S/C34H54N2O4/c1-31(2)21-27(22-32(3,4)35(31)9)39-29(37)18-16-26(20-25-14-12-11-13-15-25)17-19-30(38)40-28-23-33(5,6)36(10)34(7,8)24-28/h11-15,20,27-28H,16-19,21-24H2,1-10H3. The summed E-state index contributed by atoms with van der Waals surface area (Å²) in [5.41, 5.74) is 1.98. The van der Waals surface area contributed by atoms with E-state index in [9.17, 15) is 9.59 Å². The van der Waals surface area contributed by atoms with Crippen molar-refractivity contribution in [2.45, 2.75) is 141 Å². The number of hydrogen-bond donors (Lipinski definition) is 0. The van der Waals surface area contributed by atoms with Crippen LogP contribution in [0.15, 0.2) is 35.9 Å². The van der Waals surface area contributed by atoms with Gasteiger partial charge in [0.15, 0.2) is 0 Å². The number of esters is 2. The average Bonchev–Trinajstić information content (AvgIpc) is 2.82. The molecule has 2 aliphatic heterocycles. The first kappa shape index (κ1) is 32.3. The van der Waals surface area contributed by atoms with Gasteiger partial charge >= 0.3 is 11.9 Å². The van der Waals surface area contributed by atoms with Gasteiger partial charge in [-0.25, -0.2) is 0 Å². The van der Waals surface area contributed by atoms with E-state index in [-0.39, 0.29) is 46.3 Å². The maximum atomic E-state index is 13.0. The van der Waals surface area contributed by atoms with Crippen molar-refractivity contribution in [3.8, 4) is 0 Å². The van der Waals surface area contributed by atoms with Crippen LogP contribution in [0.2, 0.25) is 0 Å². The number of nitrogens with zero attached hydrogens (tertiary/aromatic N) is 2. The zero-order valence-corrected chi connectivity index (χ0v) is 26.8. The van der Waals surface area contributed by atoms with Gasteiger partial charge in [0, 0.05) is 60.7 Å². The molecule has 6 nitrogen and oxygen atoms in total. The normalized spacial score (nSPS) is 22.9. The van der Waals surface area contributed by atoms with Crippen LogP contribution in [0, 0.1) is 0 Å². The summed E-state index contributed by atoms with van der Waals surface area (Å²) in [7, 11) is 4.30. The van der Waals surface area contributed by atoms with Gasteiger partial charge in [-0.05, 0) is 87.9 Å². The van der Waals surface area contributed by atoms with Crippen molar-refractivity contribution in [1.29, 1.82) is 0 Å². The maximum absolute atomic E-state index is 13.0. The van der Waals surface area contributed by atoms with Gasteiger partial charge in [-0.15, -0.1) is 0 Å². The molecule has 0 unspecified atom stereocenters. The lowest BCUT2D eigenvalue weighted by Gasteiger charge is -2.53. The second-order valence-electron chi connectivity index (χ2n) is 14.6. The smallest absolute Gasteiger partial charge is 0.306 e. The minimum atomic E-state index is -0.168. The Kier molecular flexibility index (Phi) is 9.99. The number of ether oxygens (including phenoxy) is 2. The first-order valence-electron chi connectivity index (χ1n) is 15.0. The van der Waals surface area contributed by atoms with Crippen molar-refractivity contribution in [2.75, 3.05) is 14.1 Å². The minimum absolute atomic E-state index is 0.0381. The highest BCUT2D eigenvalue weighted by atomic mass is 16.5. The second kappa shape index (κ2) is 12.4. The van der Waals surface area contributed by atoms with E-state index in [0.717, 1.165) is 36.8 Å². The van der Waals surface area contributed by atoms with Crippen LogP contribution in [0.3, 0.4) is 0 Å². The number of carbonyl (C=O) groups is 2. The molecule has 0 saturated carbocycles. The van der Waals surface area contributed by atoms with Gasteiger partial charge in [-0.1, -0.05) is 42.0 Å². The summed E-state index contributed by atoms with van der Waals surface area (Å²) in [6.07, 6.45) is 6.94. The third kappa shape index (κ3) is 8.42. The summed E-state index contributed by atoms with van der Waals surface area (Å²) in [4.78, 5) is 30.7. The Morgan fingerprint density at radius 1 is 0.675 bits per heavy atom. The topological polar surface area (TPSA) is 59.1 Å². The number of benzene rings is 1. The number of rotatable bonds is 9. The molecule has 0 atom stereocenters. The fourth-order valence-corrected chi connectivity index (χ4v) is 6.80. The Morgan fingerprint density at radius 2 is 1.02 bits per heavy atom. The Labute approximate surface area is 243 Å². The molecule has 0 aromatic heterocycles. The van der Waals surface area contributed by atoms with E-state index in [1.54, 1.807) is 0 Å². The van der Waals surface area contributed by atoms with E-state index >= 15 is 0 Å². The van der Waals surface area contributed by atoms with Gasteiger partial charge in [-0.2, -0.15) is 0 Å². The number of allylic oxidation sites excluding steroid dienone is 1. The predicted molar refractivity (Wildman–Crippen MR) is 163 cm³/mol. The lowest BCUT2D eigenvalue weighted by atomic mass is 9.79. The number of carbonyl (C=O) groups excluding carboxylic acids is 2. The Balaban J connectivity index is 1.59. The molecule has 6 heteroatoms. The van der Waals surface area contributed by atoms with E-state index in [1.807, 2.05) is 30.3 Å². The molecule has 2 aliphatic rings. The quantitative estimate of drug-likeness (QED) is 0.306. The van der Waals surface area contributed by atoms with E-state index in [1.165, 1.54) is 0 Å². The lowest BCUT2D eigenvalue weighted by Crippen LogP contribution is -2.60. The molecule has 0 spiro atoms. The first-order valence-corrected chi connectivity index (χ1v) is 15.0. The highest BCUT2D eigenvalue weighted by Crippen LogP contribution is 2.39. The van der Waals surface area contributed by atoms with Gasteiger partial charge in [0.2, 0.25) is 0 Å². The third-order valence-electron chi connectivity index (χ3n) is 9.61. The van der Waals surface area contributed by atoms with Gasteiger partial charge in [0.1, 0.15) is 12.2 Å². The van der Waals surface area contributed by atoms with Crippen molar-refractivity contribution in [1.82, 2.24) is 9.80 Å². The monoisotopic (exact) mass is 554 g/mol. The van der Waals surface area contributed by atoms with Crippen molar-refractivity contribution >= 4 is 18.0 Å². The number of piperidine rings is 2. The SMILES string of the molecule is CN1C(C)(C)CC(OC(=O)CCC(=Cc2ccccc2)CCC(=O)OC2CC(C)(C)N(C)C(C)(C)C2)CC1(C)C. The van der Waals surface area contributed by atoms with Crippen molar-refractivity contribution in [3.05, 3.63) is 41.5 Å². The molecule has 224 valence electrons. The molecule has 0 aliphatic carbocycles. The molecule has 3 rings (SSSR count). The second-order valence-corrected chi connectivity index (χ2v) is 14.6. The van der Waals surface area contributed by atoms with Crippen LogP contribution >= 0.6 is 0 Å². The van der Waals surface area contributed by atoms with Crippen LogP contribution in [0.25, 0.3) is 6.08 Å². The molecular formula is C34H54N2O4. The third-order valence-corrected chi connectivity index (χ3v) is 9.61. The van der Waals surface area contributed by atoms with Crippen molar-refractivity contribution in [3.63, 3.8) is 0 Å². The van der Waals surface area contributed by atoms with Gasteiger partial charge in [0.25, 0.3) is 0 Å². The highest BCUT2D eigenvalue weighted by Gasteiger charge is 2.45. The van der Waals surface area contributed by atoms with Crippen LogP contribution in [-0.2, 0) is 19.1 Å². The van der Waals surface area contributed by atoms with Gasteiger partial charge in [-0.3, -0.25) is 19.4 Å². The van der Waals surface area contributed by atoms with E-state index in [2.05, 4.69) is 85.4 Å². The van der Waals surface area contributed by atoms with E-state index < -0.39 is 0 Å². The van der Waals surface area contributed by atoms with Crippen LogP contribution in [0.1, 0.15) is 112 Å². The maximum Gasteiger partial charge on any atom is 0.306 e. The largest absolute Gasteiger partial charge is 0.462 e. The highest BCUT2D eigenvalue weighted by molar-refractivity contribution is 5.72. The summed E-state index contributed by atoms with van der Waals surface area (Å²) < 4.78 is 12.0. The number of hydrogen-bond acceptors (Lipinski definition) is 6. The first-order chi connectivity index (χ1) is 18.4. The summed E-state index contributed by atoms with van der Waals surface area (Å²) in [6.45, 7) is 17.7. The number of likely N-dealkylation sites (tertiary alicyclic amines) is 2. The molecule has 1 aromatic carbocycles. The fourth-order valence-electron chi connectivity index (χ4n) is 6.80. The van der Waals surface area contributed by atoms with Gasteiger partial charge in [0.05, 0.1) is 0 Å². The van der Waals surface area contributed by atoms with E-state index in [4.69, 9.17) is 9.47 Å². The van der Waals surface area contributed by atoms with Crippen molar-refractivity contribution in [2.24, 2.45) is 0 Å². The zero-order valence-electron chi connectivity index (χ0n) is 26.8. The average molecular weight is 555 g/mol. The molecule has 2 heterocycles. The summed E-state index contributed by atoms with van der Waals surface area (Å²) >= 11 is 0. The predicted octanol–water partition coefficient (Wildman–Crippen LogP) is 7.02. The molecule has 0 radical (unpaired) electrons. The molecule has 0 bridgehead atoms. The molecule has 0 N–H and O–H groups in total. The van der Waals surface area contributed by atoms with Crippen molar-refractivity contribution < 1.29 is 19.1 Å². The van der Waals surface area contributed by atoms with Crippen LogP contribution in [0.5, 0.6) is 0 Å². The molecule has 2 saturated heterocycles. The summed E-state index contributed by atoms with van der Waals surface area (Å²) in [5, 5.41) is 0. The fraction of sp³-hybridized carbons (Fsp3) is 0.706. The molecule has 2 fully saturated rings. The summed E-state index contributed by atoms with van der Waals surface area (Å²) in [6, 6.07) is 10.1. The molecular weight excluding hydrogens is 500 g/mol. The van der Waals surface area contributed by atoms with E-state index in [0.29, 0.717) is 25.7 Å². The van der Waals surface area contributed by atoms with Gasteiger partial charge < -0.3 is 9.47 Å². The van der Waals surface area contributed by atoms with Crippen LogP contribution < -0.4 is 0 Å². The molecule has 1 aromatic rings. The Hall–Kier alpha value is -2.18. The zero-order chi connectivity index (χ0) is 29.9. The van der Waals surface area contributed by atoms with Crippen LogP contribution in [-0.4, -0.2) is 70.2 Å². The molecule has 40 heavy (non-hydrogen) atoms. The molecule has 0 amide bonds.